The zero-order valence-corrected chi connectivity index (χ0v) is 16.9. The third kappa shape index (κ3) is 3.54. The Morgan fingerprint density at radius 2 is 1.89 bits per heavy atom. The number of benzene rings is 1. The monoisotopic (exact) mass is 447 g/mol. The number of hydrogen-bond donors (Lipinski definition) is 2. The van der Waals surface area contributed by atoms with Crippen molar-refractivity contribution in [1.29, 1.82) is 0 Å². The van der Waals surface area contributed by atoms with E-state index in [1.807, 2.05) is 23.4 Å². The van der Waals surface area contributed by atoms with Gasteiger partial charge in [-0.3, -0.25) is 4.79 Å². The van der Waals surface area contributed by atoms with E-state index in [2.05, 4.69) is 30.8 Å². The van der Waals surface area contributed by atoms with Crippen LogP contribution in [0.2, 0.25) is 5.02 Å². The number of carbonyl (C=O) groups excluding carboxylic acids is 1. The van der Waals surface area contributed by atoms with Gasteiger partial charge < -0.3 is 20.5 Å². The van der Waals surface area contributed by atoms with Crippen LogP contribution in [0.4, 0.5) is 5.69 Å². The summed E-state index contributed by atoms with van der Waals surface area (Å²) in [6.45, 7) is 2.73. The van der Waals surface area contributed by atoms with Crippen molar-refractivity contribution in [2.45, 2.75) is 6.04 Å². The number of amides is 1. The first kappa shape index (κ1) is 18.3. The Kier molecular flexibility index (Phi) is 5.08. The van der Waals surface area contributed by atoms with Gasteiger partial charge in [-0.1, -0.05) is 23.7 Å². The summed E-state index contributed by atoms with van der Waals surface area (Å²) >= 11 is 9.52. The van der Waals surface area contributed by atoms with E-state index in [9.17, 15) is 4.79 Å². The van der Waals surface area contributed by atoms with Crippen LogP contribution in [-0.4, -0.2) is 47.0 Å². The van der Waals surface area contributed by atoms with E-state index in [4.69, 9.17) is 17.3 Å². The number of halogens is 2. The first-order chi connectivity index (χ1) is 13.0. The highest BCUT2D eigenvalue weighted by Gasteiger charge is 2.27. The average Bonchev–Trinajstić information content (AvgIpc) is 3.16. The number of piperazine rings is 1. The van der Waals surface area contributed by atoms with E-state index in [0.29, 0.717) is 18.1 Å². The molecule has 1 aromatic carbocycles. The number of nitrogens with two attached hydrogens (primary N) is 1. The molecule has 27 heavy (non-hydrogen) atoms. The quantitative estimate of drug-likeness (QED) is 0.644. The van der Waals surface area contributed by atoms with Crippen molar-refractivity contribution in [3.8, 4) is 0 Å². The second-order valence-corrected chi connectivity index (χ2v) is 7.83. The lowest BCUT2D eigenvalue weighted by molar-refractivity contribution is -0.133. The molecule has 140 valence electrons. The van der Waals surface area contributed by atoms with Gasteiger partial charge in [-0.05, 0) is 39.7 Å². The number of aromatic nitrogens is 2. The Balaban J connectivity index is 1.47. The third-order valence-electron chi connectivity index (χ3n) is 4.92. The van der Waals surface area contributed by atoms with Crippen LogP contribution < -0.4 is 10.6 Å². The molecule has 8 heteroatoms. The van der Waals surface area contributed by atoms with Gasteiger partial charge in [-0.25, -0.2) is 4.98 Å². The predicted octanol–water partition coefficient (Wildman–Crippen LogP) is 3.33. The summed E-state index contributed by atoms with van der Waals surface area (Å²) < 4.78 is 0.951. The zero-order chi connectivity index (χ0) is 19.0. The van der Waals surface area contributed by atoms with Gasteiger partial charge >= 0.3 is 0 Å². The van der Waals surface area contributed by atoms with Gasteiger partial charge in [0.1, 0.15) is 11.7 Å². The summed E-state index contributed by atoms with van der Waals surface area (Å²) in [7, 11) is 0. The van der Waals surface area contributed by atoms with Crippen LogP contribution in [0, 0.1) is 0 Å². The molecule has 3 aromatic rings. The normalized spacial score (nSPS) is 16.0. The predicted molar refractivity (Wildman–Crippen MR) is 111 cm³/mol. The summed E-state index contributed by atoms with van der Waals surface area (Å²) in [6, 6.07) is 8.47. The minimum absolute atomic E-state index is 0.0578. The SMILES string of the molecule is N[C@@H](C(=O)N1CCN(c2c(Br)cnc3[nH]ccc23)CC1)c1ccc(Cl)cc1. The molecule has 0 saturated carbocycles. The van der Waals surface area contributed by atoms with Crippen molar-refractivity contribution in [2.75, 3.05) is 31.1 Å². The van der Waals surface area contributed by atoms with Crippen LogP contribution >= 0.6 is 27.5 Å². The van der Waals surface area contributed by atoms with E-state index in [-0.39, 0.29) is 5.91 Å². The molecule has 0 radical (unpaired) electrons. The van der Waals surface area contributed by atoms with Crippen molar-refractivity contribution in [3.05, 3.63) is 57.8 Å². The molecule has 1 fully saturated rings. The molecule has 0 spiro atoms. The number of nitrogens with zero attached hydrogens (tertiary/aromatic N) is 3. The van der Waals surface area contributed by atoms with Crippen molar-refractivity contribution in [2.24, 2.45) is 5.73 Å². The molecule has 1 saturated heterocycles. The maximum absolute atomic E-state index is 12.8. The number of rotatable bonds is 3. The maximum Gasteiger partial charge on any atom is 0.244 e. The van der Waals surface area contributed by atoms with Gasteiger partial charge in [-0.2, -0.15) is 0 Å². The molecule has 1 aliphatic heterocycles. The van der Waals surface area contributed by atoms with Crippen molar-refractivity contribution in [1.82, 2.24) is 14.9 Å². The van der Waals surface area contributed by atoms with Gasteiger partial charge in [0.05, 0.1) is 10.2 Å². The molecular weight excluding hydrogens is 430 g/mol. The summed E-state index contributed by atoms with van der Waals surface area (Å²) in [5, 5.41) is 1.70. The lowest BCUT2D eigenvalue weighted by Crippen LogP contribution is -2.51. The van der Waals surface area contributed by atoms with Gasteiger partial charge in [0, 0.05) is 49.0 Å². The average molecular weight is 449 g/mol. The van der Waals surface area contributed by atoms with Crippen molar-refractivity contribution in [3.63, 3.8) is 0 Å². The molecule has 1 atom stereocenters. The second-order valence-electron chi connectivity index (χ2n) is 6.54. The summed E-state index contributed by atoms with van der Waals surface area (Å²) in [5.41, 5.74) is 8.92. The molecule has 1 aliphatic rings. The number of H-pyrrole nitrogens is 1. The Labute approximate surface area is 170 Å². The highest BCUT2D eigenvalue weighted by Crippen LogP contribution is 2.33. The van der Waals surface area contributed by atoms with Crippen LogP contribution in [0.25, 0.3) is 11.0 Å². The fourth-order valence-corrected chi connectivity index (χ4v) is 4.14. The molecular formula is C19H19BrClN5O. The fraction of sp³-hybridized carbons (Fsp3) is 0.263. The molecule has 1 amide bonds. The van der Waals surface area contributed by atoms with Gasteiger partial charge in [0.2, 0.25) is 5.91 Å². The number of hydrogen-bond acceptors (Lipinski definition) is 4. The standard InChI is InChI=1S/C19H19BrClN5O/c20-15-11-24-18-14(5-6-23-18)17(15)25-7-9-26(10-8-25)19(27)16(22)12-1-3-13(21)4-2-12/h1-6,11,16H,7-10,22H2,(H,23,24)/t16-/m1/s1. The first-order valence-electron chi connectivity index (χ1n) is 8.71. The Morgan fingerprint density at radius 1 is 1.19 bits per heavy atom. The van der Waals surface area contributed by atoms with Crippen LogP contribution in [0.15, 0.2) is 47.2 Å². The molecule has 0 bridgehead atoms. The van der Waals surface area contributed by atoms with Crippen molar-refractivity contribution >= 4 is 50.2 Å². The van der Waals surface area contributed by atoms with Crippen LogP contribution in [0.5, 0.6) is 0 Å². The highest BCUT2D eigenvalue weighted by atomic mass is 79.9. The van der Waals surface area contributed by atoms with E-state index < -0.39 is 6.04 Å². The number of aromatic amines is 1. The van der Waals surface area contributed by atoms with E-state index >= 15 is 0 Å². The van der Waals surface area contributed by atoms with Gasteiger partial charge in [0.15, 0.2) is 0 Å². The van der Waals surface area contributed by atoms with Gasteiger partial charge in [-0.15, -0.1) is 0 Å². The molecule has 3 N–H and O–H groups in total. The number of nitrogens with one attached hydrogen (secondary N) is 1. The highest BCUT2D eigenvalue weighted by molar-refractivity contribution is 9.10. The third-order valence-corrected chi connectivity index (χ3v) is 5.75. The Hall–Kier alpha value is -2.09. The Bertz CT molecular complexity index is 966. The maximum atomic E-state index is 12.8. The summed E-state index contributed by atoms with van der Waals surface area (Å²) in [6.07, 6.45) is 3.70. The first-order valence-corrected chi connectivity index (χ1v) is 9.88. The molecule has 6 nitrogen and oxygen atoms in total. The number of fused-ring (bicyclic) bond motifs is 1. The molecule has 4 rings (SSSR count). The van der Waals surface area contributed by atoms with Gasteiger partial charge in [0.25, 0.3) is 0 Å². The smallest absolute Gasteiger partial charge is 0.244 e. The topological polar surface area (TPSA) is 78.2 Å². The molecule has 0 aliphatic carbocycles. The van der Waals surface area contributed by atoms with E-state index in [1.54, 1.807) is 24.3 Å². The largest absolute Gasteiger partial charge is 0.366 e. The minimum atomic E-state index is -0.669. The van der Waals surface area contributed by atoms with Crippen molar-refractivity contribution < 1.29 is 4.79 Å². The van der Waals surface area contributed by atoms with E-state index in [1.165, 1.54) is 0 Å². The lowest BCUT2D eigenvalue weighted by atomic mass is 10.1. The second kappa shape index (κ2) is 7.50. The zero-order valence-electron chi connectivity index (χ0n) is 14.5. The van der Waals surface area contributed by atoms with Crippen LogP contribution in [0.1, 0.15) is 11.6 Å². The molecule has 2 aromatic heterocycles. The minimum Gasteiger partial charge on any atom is -0.366 e. The number of carbonyl (C=O) groups is 1. The van der Waals surface area contributed by atoms with E-state index in [0.717, 1.165) is 39.8 Å². The molecule has 3 heterocycles. The fourth-order valence-electron chi connectivity index (χ4n) is 3.45. The number of anilines is 1. The Morgan fingerprint density at radius 3 is 2.59 bits per heavy atom. The number of pyridine rings is 1. The lowest BCUT2D eigenvalue weighted by Gasteiger charge is -2.37. The molecule has 0 unspecified atom stereocenters. The van der Waals surface area contributed by atoms with Crippen LogP contribution in [-0.2, 0) is 4.79 Å². The van der Waals surface area contributed by atoms with Crippen LogP contribution in [0.3, 0.4) is 0 Å². The summed E-state index contributed by atoms with van der Waals surface area (Å²) in [5.74, 6) is -0.0578. The summed E-state index contributed by atoms with van der Waals surface area (Å²) in [4.78, 5) is 24.4.